The van der Waals surface area contributed by atoms with Crippen LogP contribution in [0.4, 0.5) is 0 Å². The van der Waals surface area contributed by atoms with Crippen LogP contribution in [0.1, 0.15) is 29.8 Å². The molecule has 1 aromatic rings. The zero-order valence-corrected chi connectivity index (χ0v) is 15.0. The minimum absolute atomic E-state index is 0.0898. The summed E-state index contributed by atoms with van der Waals surface area (Å²) < 4.78 is 5.67. The number of carbonyl (C=O) groups is 2. The third-order valence-electron chi connectivity index (χ3n) is 4.17. The van der Waals surface area contributed by atoms with Crippen LogP contribution in [-0.2, 0) is 16.1 Å². The summed E-state index contributed by atoms with van der Waals surface area (Å²) in [5, 5.41) is 2.61. The predicted molar refractivity (Wildman–Crippen MR) is 91.9 cm³/mol. The highest BCUT2D eigenvalue weighted by Gasteiger charge is 2.27. The molecule has 0 aliphatic carbocycles. The van der Waals surface area contributed by atoms with Crippen LogP contribution in [0.25, 0.3) is 0 Å². The van der Waals surface area contributed by atoms with Crippen molar-refractivity contribution in [2.75, 3.05) is 33.7 Å². The van der Waals surface area contributed by atoms with Crippen LogP contribution >= 0.6 is 0 Å². The lowest BCUT2D eigenvalue weighted by molar-refractivity contribution is -0.885. The smallest absolute Gasteiger partial charge is 0.277 e. The second-order valence-electron chi connectivity index (χ2n) is 6.64. The number of nitrogens with one attached hydrogen (secondary N) is 2. The number of rotatable bonds is 5. The molecule has 1 aliphatic rings. The number of hydrogen-bond donors (Lipinski definition) is 2. The molecule has 24 heavy (non-hydrogen) atoms. The normalized spacial score (nSPS) is 22.1. The van der Waals surface area contributed by atoms with Crippen LogP contribution in [0.5, 0.6) is 0 Å². The number of benzene rings is 1. The van der Waals surface area contributed by atoms with Gasteiger partial charge in [-0.3, -0.25) is 9.59 Å². The van der Waals surface area contributed by atoms with Crippen LogP contribution in [-0.4, -0.2) is 62.7 Å². The fourth-order valence-corrected chi connectivity index (χ4v) is 3.08. The highest BCUT2D eigenvalue weighted by Crippen LogP contribution is 2.10. The number of nitrogens with zero attached hydrogens (tertiary/aromatic N) is 1. The van der Waals surface area contributed by atoms with Crippen LogP contribution in [0, 0.1) is 0 Å². The Morgan fingerprint density at radius 1 is 1.21 bits per heavy atom. The van der Waals surface area contributed by atoms with E-state index in [1.165, 1.54) is 0 Å². The van der Waals surface area contributed by atoms with Crippen molar-refractivity contribution in [2.45, 2.75) is 32.6 Å². The van der Waals surface area contributed by atoms with Gasteiger partial charge in [0.1, 0.15) is 6.54 Å². The molecule has 0 radical (unpaired) electrons. The van der Waals surface area contributed by atoms with Crippen LogP contribution in [0.2, 0.25) is 0 Å². The monoisotopic (exact) mass is 334 g/mol. The van der Waals surface area contributed by atoms with Crippen molar-refractivity contribution in [1.82, 2.24) is 10.2 Å². The van der Waals surface area contributed by atoms with E-state index in [0.717, 1.165) is 17.0 Å². The quantitative estimate of drug-likeness (QED) is 0.777. The van der Waals surface area contributed by atoms with E-state index < -0.39 is 0 Å². The maximum absolute atomic E-state index is 12.5. The van der Waals surface area contributed by atoms with Gasteiger partial charge < -0.3 is 19.9 Å². The Morgan fingerprint density at radius 2 is 1.79 bits per heavy atom. The van der Waals surface area contributed by atoms with Crippen molar-refractivity contribution in [3.05, 3.63) is 35.4 Å². The van der Waals surface area contributed by atoms with Gasteiger partial charge in [0, 0.05) is 31.3 Å². The lowest BCUT2D eigenvalue weighted by Gasteiger charge is -2.35. The number of carbonyl (C=O) groups excluding carboxylic acids is 2. The molecular weight excluding hydrogens is 306 g/mol. The summed E-state index contributed by atoms with van der Waals surface area (Å²) in [4.78, 5) is 27.0. The highest BCUT2D eigenvalue weighted by atomic mass is 16.5. The summed E-state index contributed by atoms with van der Waals surface area (Å²) in [5.41, 5.74) is 1.75. The fourth-order valence-electron chi connectivity index (χ4n) is 3.08. The molecule has 0 spiro atoms. The van der Waals surface area contributed by atoms with Gasteiger partial charge in [0.05, 0.1) is 19.3 Å². The van der Waals surface area contributed by atoms with Gasteiger partial charge >= 0.3 is 0 Å². The Hall–Kier alpha value is -1.92. The Morgan fingerprint density at radius 3 is 2.33 bits per heavy atom. The first kappa shape index (κ1) is 18.4. The fraction of sp³-hybridized carbons (Fsp3) is 0.556. The van der Waals surface area contributed by atoms with Gasteiger partial charge in [-0.15, -0.1) is 0 Å². The lowest BCUT2D eigenvalue weighted by atomic mass is 10.1. The number of likely N-dealkylation sites (N-methyl/N-ethyl adjacent to an activating group) is 1. The molecule has 0 bridgehead atoms. The number of amides is 2. The lowest BCUT2D eigenvalue weighted by Crippen LogP contribution is -3.09. The van der Waals surface area contributed by atoms with E-state index in [0.29, 0.717) is 25.2 Å². The van der Waals surface area contributed by atoms with Crippen molar-refractivity contribution in [3.8, 4) is 0 Å². The van der Waals surface area contributed by atoms with Gasteiger partial charge in [0.2, 0.25) is 0 Å². The van der Waals surface area contributed by atoms with E-state index in [1.807, 2.05) is 50.1 Å². The van der Waals surface area contributed by atoms with Crippen molar-refractivity contribution in [2.24, 2.45) is 0 Å². The molecule has 1 saturated heterocycles. The van der Waals surface area contributed by atoms with Crippen LogP contribution < -0.4 is 10.2 Å². The molecule has 6 nitrogen and oxygen atoms in total. The predicted octanol–water partition coefficient (Wildman–Crippen LogP) is -0.303. The van der Waals surface area contributed by atoms with E-state index in [1.54, 1.807) is 7.05 Å². The largest absolute Gasteiger partial charge is 0.372 e. The molecule has 1 aromatic carbocycles. The molecule has 1 aliphatic heterocycles. The third kappa shape index (κ3) is 5.04. The van der Waals surface area contributed by atoms with Gasteiger partial charge in [-0.05, 0) is 26.0 Å². The summed E-state index contributed by atoms with van der Waals surface area (Å²) >= 11 is 0. The molecule has 2 amide bonds. The Kier molecular flexibility index (Phi) is 6.34. The zero-order chi connectivity index (χ0) is 17.7. The van der Waals surface area contributed by atoms with Gasteiger partial charge in [0.25, 0.3) is 11.8 Å². The van der Waals surface area contributed by atoms with Gasteiger partial charge in [0.15, 0.2) is 6.54 Å². The molecule has 1 fully saturated rings. The van der Waals surface area contributed by atoms with Gasteiger partial charge in [-0.1, -0.05) is 12.1 Å². The molecule has 1 heterocycles. The summed E-state index contributed by atoms with van der Waals surface area (Å²) in [6.45, 7) is 6.53. The highest BCUT2D eigenvalue weighted by molar-refractivity contribution is 5.93. The molecule has 0 saturated carbocycles. The SMILES string of the molecule is CNC(=O)c1ccc(C[NH+](C)CC(=O)N2C[C@H](C)O[C@@H](C)C2)cc1. The average molecular weight is 334 g/mol. The van der Waals surface area contributed by atoms with E-state index in [2.05, 4.69) is 5.32 Å². The number of quaternary nitrogens is 1. The maximum atomic E-state index is 12.5. The molecular formula is C18H28N3O3+. The minimum Gasteiger partial charge on any atom is -0.372 e. The summed E-state index contributed by atoms with van der Waals surface area (Å²) in [6.07, 6.45) is 0.186. The van der Waals surface area contributed by atoms with Crippen molar-refractivity contribution in [3.63, 3.8) is 0 Å². The summed E-state index contributed by atoms with van der Waals surface area (Å²) in [5.74, 6) is 0.0736. The Labute approximate surface area is 143 Å². The Bertz CT molecular complexity index is 563. The second kappa shape index (κ2) is 8.26. The van der Waals surface area contributed by atoms with E-state index in [9.17, 15) is 9.59 Å². The minimum atomic E-state index is -0.0898. The number of hydrogen-bond acceptors (Lipinski definition) is 3. The first-order valence-corrected chi connectivity index (χ1v) is 8.44. The maximum Gasteiger partial charge on any atom is 0.277 e. The molecule has 2 rings (SSSR count). The molecule has 3 atom stereocenters. The molecule has 2 N–H and O–H groups in total. The molecule has 6 heteroatoms. The van der Waals surface area contributed by atoms with Crippen LogP contribution in [0.15, 0.2) is 24.3 Å². The van der Waals surface area contributed by atoms with Gasteiger partial charge in [-0.2, -0.15) is 0 Å². The topological polar surface area (TPSA) is 63.1 Å². The second-order valence-corrected chi connectivity index (χ2v) is 6.64. The van der Waals surface area contributed by atoms with E-state index >= 15 is 0 Å². The molecule has 132 valence electrons. The summed E-state index contributed by atoms with van der Waals surface area (Å²) in [6, 6.07) is 7.51. The zero-order valence-electron chi connectivity index (χ0n) is 15.0. The summed E-state index contributed by atoms with van der Waals surface area (Å²) in [7, 11) is 3.63. The van der Waals surface area contributed by atoms with Gasteiger partial charge in [-0.25, -0.2) is 0 Å². The standard InChI is InChI=1S/C18H27N3O3/c1-13-9-21(10-14(2)24-13)17(22)12-20(4)11-15-5-7-16(8-6-15)18(23)19-3/h5-8,13-14H,9-12H2,1-4H3,(H,19,23)/p+1/t13-,14-/m0/s1. The first-order valence-electron chi connectivity index (χ1n) is 8.44. The Balaban J connectivity index is 1.87. The van der Waals surface area contributed by atoms with Crippen molar-refractivity contribution in [1.29, 1.82) is 0 Å². The first-order chi connectivity index (χ1) is 11.4. The third-order valence-corrected chi connectivity index (χ3v) is 4.17. The molecule has 0 aromatic heterocycles. The molecule has 1 unspecified atom stereocenters. The number of morpholine rings is 1. The van der Waals surface area contributed by atoms with E-state index in [4.69, 9.17) is 4.74 Å². The van der Waals surface area contributed by atoms with E-state index in [-0.39, 0.29) is 24.0 Å². The van der Waals surface area contributed by atoms with Crippen molar-refractivity contribution < 1.29 is 19.2 Å². The average Bonchev–Trinajstić information content (AvgIpc) is 2.53. The number of ether oxygens (including phenoxy) is 1. The van der Waals surface area contributed by atoms with Crippen molar-refractivity contribution >= 4 is 11.8 Å². The van der Waals surface area contributed by atoms with Crippen LogP contribution in [0.3, 0.4) is 0 Å².